The highest BCUT2D eigenvalue weighted by molar-refractivity contribution is 5.44. The van der Waals surface area contributed by atoms with E-state index in [9.17, 15) is 0 Å². The number of likely N-dealkylation sites (tertiary alicyclic amines) is 1. The summed E-state index contributed by atoms with van der Waals surface area (Å²) in [5, 5.41) is 6.83. The number of nitrogens with two attached hydrogens (primary N) is 1. The molecule has 4 nitrogen and oxygen atoms in total. The van der Waals surface area contributed by atoms with Crippen molar-refractivity contribution in [2.75, 3.05) is 26.7 Å². The molecule has 4 heteroatoms. The van der Waals surface area contributed by atoms with Crippen LogP contribution in [0.2, 0.25) is 0 Å². The van der Waals surface area contributed by atoms with Gasteiger partial charge in [0.2, 0.25) is 0 Å². The molecule has 1 saturated carbocycles. The Morgan fingerprint density at radius 2 is 2.00 bits per heavy atom. The SMILES string of the molecule is CNC(N)NC1C(=C(C)C)CC2=C(C)C=C(CCCCN3CCCC3)C1C2. The average molecular weight is 373 g/mol. The lowest BCUT2D eigenvalue weighted by Crippen LogP contribution is -2.56. The smallest absolute Gasteiger partial charge is 0.109 e. The van der Waals surface area contributed by atoms with Crippen molar-refractivity contribution in [2.45, 2.75) is 78.0 Å². The van der Waals surface area contributed by atoms with Crippen LogP contribution in [0.1, 0.15) is 65.7 Å². The maximum Gasteiger partial charge on any atom is 0.109 e. The molecular weight excluding hydrogens is 332 g/mol. The van der Waals surface area contributed by atoms with Gasteiger partial charge in [0.1, 0.15) is 6.29 Å². The largest absolute Gasteiger partial charge is 0.304 e. The van der Waals surface area contributed by atoms with E-state index in [1.807, 2.05) is 7.05 Å². The van der Waals surface area contributed by atoms with Crippen molar-refractivity contribution in [1.29, 1.82) is 0 Å². The number of nitrogens with zero attached hydrogens (tertiary/aromatic N) is 1. The number of nitrogens with one attached hydrogen (secondary N) is 2. The molecule has 0 spiro atoms. The summed E-state index contributed by atoms with van der Waals surface area (Å²) >= 11 is 0. The first-order valence-electron chi connectivity index (χ1n) is 11.0. The lowest BCUT2D eigenvalue weighted by atomic mass is 9.68. The number of fused-ring (bicyclic) bond motifs is 2. The molecule has 1 saturated heterocycles. The molecule has 3 rings (SSSR count). The Morgan fingerprint density at radius 3 is 2.67 bits per heavy atom. The first-order valence-corrected chi connectivity index (χ1v) is 11.0. The molecule has 1 aliphatic heterocycles. The van der Waals surface area contributed by atoms with Crippen LogP contribution in [0.4, 0.5) is 0 Å². The van der Waals surface area contributed by atoms with E-state index in [0.29, 0.717) is 12.0 Å². The zero-order valence-corrected chi connectivity index (χ0v) is 17.9. The molecule has 2 fully saturated rings. The van der Waals surface area contributed by atoms with E-state index in [2.05, 4.69) is 42.4 Å². The quantitative estimate of drug-likeness (QED) is 0.346. The van der Waals surface area contributed by atoms with E-state index in [1.54, 1.807) is 16.7 Å². The fourth-order valence-electron chi connectivity index (χ4n) is 5.08. The normalized spacial score (nSPS) is 27.1. The molecule has 1 heterocycles. The van der Waals surface area contributed by atoms with Crippen molar-refractivity contribution in [1.82, 2.24) is 15.5 Å². The first kappa shape index (κ1) is 20.8. The summed E-state index contributed by atoms with van der Waals surface area (Å²) in [6, 6.07) is 0.360. The summed E-state index contributed by atoms with van der Waals surface area (Å²) < 4.78 is 0. The Balaban J connectivity index is 1.68. The first-order chi connectivity index (χ1) is 13.0. The second-order valence-electron chi connectivity index (χ2n) is 8.93. The third kappa shape index (κ3) is 5.11. The van der Waals surface area contributed by atoms with Crippen LogP contribution in [-0.2, 0) is 0 Å². The predicted octanol–water partition coefficient (Wildman–Crippen LogP) is 3.68. The van der Waals surface area contributed by atoms with Crippen molar-refractivity contribution in [3.05, 3.63) is 33.9 Å². The van der Waals surface area contributed by atoms with Gasteiger partial charge in [0.05, 0.1) is 0 Å². The Hall–Kier alpha value is -0.940. The number of unbranched alkanes of at least 4 members (excludes halogenated alkanes) is 1. The van der Waals surface area contributed by atoms with Crippen LogP contribution in [0, 0.1) is 5.92 Å². The minimum absolute atomic E-state index is 0.158. The molecule has 152 valence electrons. The Bertz CT molecular complexity index is 606. The van der Waals surface area contributed by atoms with Crippen LogP contribution < -0.4 is 16.4 Å². The van der Waals surface area contributed by atoms with Crippen molar-refractivity contribution < 1.29 is 0 Å². The van der Waals surface area contributed by atoms with Gasteiger partial charge >= 0.3 is 0 Å². The van der Waals surface area contributed by atoms with Gasteiger partial charge in [-0.1, -0.05) is 28.4 Å². The molecule has 2 aliphatic carbocycles. The van der Waals surface area contributed by atoms with E-state index in [0.717, 1.165) is 6.42 Å². The average Bonchev–Trinajstić information content (AvgIpc) is 3.16. The van der Waals surface area contributed by atoms with Crippen molar-refractivity contribution >= 4 is 0 Å². The molecule has 0 aromatic heterocycles. The van der Waals surface area contributed by atoms with Crippen LogP contribution in [0.15, 0.2) is 33.9 Å². The van der Waals surface area contributed by atoms with Crippen molar-refractivity contribution in [3.8, 4) is 0 Å². The Morgan fingerprint density at radius 1 is 1.26 bits per heavy atom. The summed E-state index contributed by atoms with van der Waals surface area (Å²) in [4.78, 5) is 2.64. The van der Waals surface area contributed by atoms with Gasteiger partial charge < -0.3 is 10.6 Å². The molecule has 3 atom stereocenters. The lowest BCUT2D eigenvalue weighted by molar-refractivity contribution is 0.318. The predicted molar refractivity (Wildman–Crippen MR) is 115 cm³/mol. The third-order valence-corrected chi connectivity index (χ3v) is 6.78. The number of allylic oxidation sites excluding steroid dienone is 4. The van der Waals surface area contributed by atoms with E-state index in [4.69, 9.17) is 5.73 Å². The fourth-order valence-corrected chi connectivity index (χ4v) is 5.08. The molecule has 0 amide bonds. The van der Waals surface area contributed by atoms with E-state index < -0.39 is 0 Å². The molecule has 0 aromatic rings. The van der Waals surface area contributed by atoms with Gasteiger partial charge in [0.15, 0.2) is 0 Å². The Labute approximate surface area is 166 Å². The Kier molecular flexibility index (Phi) is 7.32. The highest BCUT2D eigenvalue weighted by Gasteiger charge is 2.37. The van der Waals surface area contributed by atoms with Crippen LogP contribution in [0.5, 0.6) is 0 Å². The minimum Gasteiger partial charge on any atom is -0.304 e. The summed E-state index contributed by atoms with van der Waals surface area (Å²) in [5.41, 5.74) is 14.0. The highest BCUT2D eigenvalue weighted by atomic mass is 15.2. The van der Waals surface area contributed by atoms with Crippen LogP contribution >= 0.6 is 0 Å². The van der Waals surface area contributed by atoms with Crippen LogP contribution in [0.3, 0.4) is 0 Å². The summed E-state index contributed by atoms with van der Waals surface area (Å²) in [6.07, 6.45) is 11.3. The number of rotatable bonds is 8. The van der Waals surface area contributed by atoms with Gasteiger partial charge in [0.25, 0.3) is 0 Å². The standard InChI is InChI=1S/C23H40N4/c1-16(2)20-14-19-15-21(22(20)26-23(24)25-4)18(13-17(19)3)9-5-6-10-27-11-7-8-12-27/h13,21-23,25-26H,5-12,14-15,24H2,1-4H3. The van der Waals surface area contributed by atoms with Crippen LogP contribution in [-0.4, -0.2) is 43.9 Å². The van der Waals surface area contributed by atoms with E-state index >= 15 is 0 Å². The molecule has 3 aliphatic rings. The number of hydrogen-bond acceptors (Lipinski definition) is 4. The van der Waals surface area contributed by atoms with Gasteiger partial charge in [-0.15, -0.1) is 0 Å². The molecule has 4 N–H and O–H groups in total. The second kappa shape index (κ2) is 9.51. The topological polar surface area (TPSA) is 53.3 Å². The number of hydrogen-bond donors (Lipinski definition) is 3. The third-order valence-electron chi connectivity index (χ3n) is 6.78. The second-order valence-corrected chi connectivity index (χ2v) is 8.93. The van der Waals surface area contributed by atoms with Crippen molar-refractivity contribution in [3.63, 3.8) is 0 Å². The summed E-state index contributed by atoms with van der Waals surface area (Å²) in [5.74, 6) is 0.563. The minimum atomic E-state index is -0.158. The van der Waals surface area contributed by atoms with Crippen molar-refractivity contribution in [2.24, 2.45) is 11.7 Å². The molecule has 27 heavy (non-hydrogen) atoms. The van der Waals surface area contributed by atoms with Gasteiger partial charge in [-0.25, -0.2) is 0 Å². The molecular formula is C23H40N4. The maximum absolute atomic E-state index is 6.22. The zero-order valence-electron chi connectivity index (χ0n) is 17.9. The summed E-state index contributed by atoms with van der Waals surface area (Å²) in [6.45, 7) is 10.7. The van der Waals surface area contributed by atoms with Gasteiger partial charge in [0, 0.05) is 12.0 Å². The van der Waals surface area contributed by atoms with Crippen LogP contribution in [0.25, 0.3) is 0 Å². The molecule has 3 unspecified atom stereocenters. The van der Waals surface area contributed by atoms with Gasteiger partial charge in [-0.05, 0) is 98.0 Å². The van der Waals surface area contributed by atoms with Gasteiger partial charge in [-0.2, -0.15) is 0 Å². The maximum atomic E-state index is 6.22. The van der Waals surface area contributed by atoms with E-state index in [1.165, 1.54) is 69.3 Å². The monoisotopic (exact) mass is 372 g/mol. The molecule has 0 radical (unpaired) electrons. The molecule has 2 bridgehead atoms. The highest BCUT2D eigenvalue weighted by Crippen LogP contribution is 2.44. The summed E-state index contributed by atoms with van der Waals surface area (Å²) in [7, 11) is 1.92. The zero-order chi connectivity index (χ0) is 19.4. The molecule has 0 aromatic carbocycles. The van der Waals surface area contributed by atoms with Gasteiger partial charge in [-0.3, -0.25) is 10.6 Å². The lowest BCUT2D eigenvalue weighted by Gasteiger charge is -2.42. The van der Waals surface area contributed by atoms with E-state index in [-0.39, 0.29) is 6.29 Å². The fraction of sp³-hybridized carbons (Fsp3) is 0.739.